The SMILES string of the molecule is Cc1nc(NCCN2CCOCC2)cc(Nc2cccc(Br)c2)n1. The first-order valence-corrected chi connectivity index (χ1v) is 8.90. The number of hydrogen-bond acceptors (Lipinski definition) is 6. The highest BCUT2D eigenvalue weighted by Crippen LogP contribution is 2.20. The summed E-state index contributed by atoms with van der Waals surface area (Å²) in [6.45, 7) is 7.40. The Hall–Kier alpha value is -1.70. The molecule has 24 heavy (non-hydrogen) atoms. The third-order valence-electron chi connectivity index (χ3n) is 3.77. The molecule has 0 spiro atoms. The zero-order chi connectivity index (χ0) is 16.8. The van der Waals surface area contributed by atoms with Crippen LogP contribution < -0.4 is 10.6 Å². The van der Waals surface area contributed by atoms with Crippen molar-refractivity contribution in [2.75, 3.05) is 50.0 Å². The minimum absolute atomic E-state index is 0.740. The molecule has 6 nitrogen and oxygen atoms in total. The summed E-state index contributed by atoms with van der Waals surface area (Å²) in [6.07, 6.45) is 0. The molecule has 7 heteroatoms. The Morgan fingerprint density at radius 1 is 1.17 bits per heavy atom. The van der Waals surface area contributed by atoms with E-state index in [1.807, 2.05) is 37.3 Å². The second kappa shape index (κ2) is 8.41. The third-order valence-corrected chi connectivity index (χ3v) is 4.27. The number of halogens is 1. The topological polar surface area (TPSA) is 62.3 Å². The molecule has 2 heterocycles. The number of aromatic nitrogens is 2. The van der Waals surface area contributed by atoms with Crippen LogP contribution in [0.25, 0.3) is 0 Å². The Labute approximate surface area is 150 Å². The number of morpholine rings is 1. The van der Waals surface area contributed by atoms with Crippen molar-refractivity contribution < 1.29 is 4.74 Å². The average Bonchev–Trinajstić information content (AvgIpc) is 2.55. The van der Waals surface area contributed by atoms with Gasteiger partial charge in [0.15, 0.2) is 0 Å². The molecule has 0 aliphatic carbocycles. The molecule has 1 aliphatic heterocycles. The minimum atomic E-state index is 0.740. The van der Waals surface area contributed by atoms with Crippen molar-refractivity contribution >= 4 is 33.3 Å². The van der Waals surface area contributed by atoms with Crippen LogP contribution >= 0.6 is 15.9 Å². The molecule has 0 atom stereocenters. The molecule has 1 saturated heterocycles. The van der Waals surface area contributed by atoms with Crippen molar-refractivity contribution in [3.63, 3.8) is 0 Å². The number of rotatable bonds is 6. The molecule has 3 rings (SSSR count). The summed E-state index contributed by atoms with van der Waals surface area (Å²) in [4.78, 5) is 11.3. The van der Waals surface area contributed by atoms with Gasteiger partial charge in [-0.3, -0.25) is 4.90 Å². The van der Waals surface area contributed by atoms with Crippen molar-refractivity contribution in [3.05, 3.63) is 40.6 Å². The maximum absolute atomic E-state index is 5.37. The molecule has 1 aromatic carbocycles. The molecule has 128 valence electrons. The van der Waals surface area contributed by atoms with Crippen molar-refractivity contribution in [1.29, 1.82) is 0 Å². The molecule has 0 amide bonds. The number of ether oxygens (including phenoxy) is 1. The van der Waals surface area contributed by atoms with E-state index in [4.69, 9.17) is 4.74 Å². The van der Waals surface area contributed by atoms with Gasteiger partial charge in [-0.05, 0) is 25.1 Å². The van der Waals surface area contributed by atoms with E-state index >= 15 is 0 Å². The summed E-state index contributed by atoms with van der Waals surface area (Å²) >= 11 is 3.48. The maximum atomic E-state index is 5.37. The normalized spacial score (nSPS) is 15.2. The molecule has 2 N–H and O–H groups in total. The second-order valence-electron chi connectivity index (χ2n) is 5.70. The Bertz CT molecular complexity index is 676. The fraction of sp³-hybridized carbons (Fsp3) is 0.412. The van der Waals surface area contributed by atoms with E-state index < -0.39 is 0 Å². The van der Waals surface area contributed by atoms with E-state index in [9.17, 15) is 0 Å². The largest absolute Gasteiger partial charge is 0.379 e. The van der Waals surface area contributed by atoms with Gasteiger partial charge in [0.05, 0.1) is 13.2 Å². The van der Waals surface area contributed by atoms with Gasteiger partial charge in [0.25, 0.3) is 0 Å². The van der Waals surface area contributed by atoms with E-state index in [1.54, 1.807) is 0 Å². The summed E-state index contributed by atoms with van der Waals surface area (Å²) in [7, 11) is 0. The molecule has 1 fully saturated rings. The van der Waals surface area contributed by atoms with Gasteiger partial charge >= 0.3 is 0 Å². The van der Waals surface area contributed by atoms with Crippen molar-refractivity contribution in [3.8, 4) is 0 Å². The zero-order valence-corrected chi connectivity index (χ0v) is 15.3. The quantitative estimate of drug-likeness (QED) is 0.788. The van der Waals surface area contributed by atoms with Gasteiger partial charge < -0.3 is 15.4 Å². The van der Waals surface area contributed by atoms with Crippen LogP contribution in [0.2, 0.25) is 0 Å². The third kappa shape index (κ3) is 5.15. The second-order valence-corrected chi connectivity index (χ2v) is 6.62. The lowest BCUT2D eigenvalue weighted by molar-refractivity contribution is 0.0398. The minimum Gasteiger partial charge on any atom is -0.379 e. The molecular formula is C17H22BrN5O. The molecule has 2 aromatic rings. The molecule has 0 unspecified atom stereocenters. The number of anilines is 3. The fourth-order valence-electron chi connectivity index (χ4n) is 2.60. The lowest BCUT2D eigenvalue weighted by Crippen LogP contribution is -2.39. The molecule has 0 radical (unpaired) electrons. The molecule has 0 saturated carbocycles. The fourth-order valence-corrected chi connectivity index (χ4v) is 3.00. The first-order valence-electron chi connectivity index (χ1n) is 8.11. The smallest absolute Gasteiger partial charge is 0.136 e. The van der Waals surface area contributed by atoms with Crippen molar-refractivity contribution in [2.45, 2.75) is 6.92 Å². The predicted octanol–water partition coefficient (Wildman–Crippen LogP) is 3.04. The van der Waals surface area contributed by atoms with E-state index in [0.29, 0.717) is 0 Å². The number of nitrogens with one attached hydrogen (secondary N) is 2. The molecule has 1 aliphatic rings. The Balaban J connectivity index is 1.58. The van der Waals surface area contributed by atoms with Crippen molar-refractivity contribution in [2.24, 2.45) is 0 Å². The van der Waals surface area contributed by atoms with Crippen LogP contribution in [0.1, 0.15) is 5.82 Å². The number of nitrogens with zero attached hydrogens (tertiary/aromatic N) is 3. The monoisotopic (exact) mass is 391 g/mol. The maximum Gasteiger partial charge on any atom is 0.136 e. The molecule has 1 aromatic heterocycles. The Morgan fingerprint density at radius 2 is 1.96 bits per heavy atom. The van der Waals surface area contributed by atoms with Gasteiger partial charge in [-0.2, -0.15) is 0 Å². The summed E-state index contributed by atoms with van der Waals surface area (Å²) in [5.41, 5.74) is 0.988. The highest BCUT2D eigenvalue weighted by Gasteiger charge is 2.09. The Morgan fingerprint density at radius 3 is 2.75 bits per heavy atom. The van der Waals surface area contributed by atoms with Gasteiger partial charge in [-0.15, -0.1) is 0 Å². The standard InChI is InChI=1S/C17H22BrN5O/c1-13-20-16(19-5-6-23-7-9-24-10-8-23)12-17(21-13)22-15-4-2-3-14(18)11-15/h2-4,11-12H,5-10H2,1H3,(H2,19,20,21,22). The summed E-state index contributed by atoms with van der Waals surface area (Å²) in [6, 6.07) is 9.95. The predicted molar refractivity (Wildman–Crippen MR) is 99.9 cm³/mol. The number of aryl methyl sites for hydroxylation is 1. The lowest BCUT2D eigenvalue weighted by atomic mass is 10.3. The zero-order valence-electron chi connectivity index (χ0n) is 13.8. The van der Waals surface area contributed by atoms with Crippen molar-refractivity contribution in [1.82, 2.24) is 14.9 Å². The van der Waals surface area contributed by atoms with E-state index in [1.165, 1.54) is 0 Å². The van der Waals surface area contributed by atoms with Gasteiger partial charge in [0.2, 0.25) is 0 Å². The summed E-state index contributed by atoms with van der Waals surface area (Å²) < 4.78 is 6.40. The highest BCUT2D eigenvalue weighted by atomic mass is 79.9. The molecule has 0 bridgehead atoms. The van der Waals surface area contributed by atoms with Crippen LogP contribution in [0.3, 0.4) is 0 Å². The van der Waals surface area contributed by atoms with Gasteiger partial charge in [0, 0.05) is 42.4 Å². The Kier molecular flexibility index (Phi) is 6.01. The summed E-state index contributed by atoms with van der Waals surface area (Å²) in [5.74, 6) is 2.37. The average molecular weight is 392 g/mol. The highest BCUT2D eigenvalue weighted by molar-refractivity contribution is 9.10. The number of benzene rings is 1. The van der Waals surface area contributed by atoms with Crippen LogP contribution in [0.15, 0.2) is 34.8 Å². The number of hydrogen-bond donors (Lipinski definition) is 2. The lowest BCUT2D eigenvalue weighted by Gasteiger charge is -2.26. The van der Waals surface area contributed by atoms with Crippen LogP contribution in [0, 0.1) is 6.92 Å². The van der Waals surface area contributed by atoms with E-state index in [2.05, 4.69) is 41.4 Å². The summed E-state index contributed by atoms with van der Waals surface area (Å²) in [5, 5.41) is 6.71. The van der Waals surface area contributed by atoms with Crippen LogP contribution in [0.5, 0.6) is 0 Å². The van der Waals surface area contributed by atoms with Crippen LogP contribution in [0.4, 0.5) is 17.3 Å². The van der Waals surface area contributed by atoms with Crippen LogP contribution in [-0.4, -0.2) is 54.3 Å². The van der Waals surface area contributed by atoms with Crippen LogP contribution in [-0.2, 0) is 4.74 Å². The van der Waals surface area contributed by atoms with Gasteiger partial charge in [0.1, 0.15) is 17.5 Å². The van der Waals surface area contributed by atoms with Gasteiger partial charge in [-0.25, -0.2) is 9.97 Å². The van der Waals surface area contributed by atoms with E-state index in [-0.39, 0.29) is 0 Å². The molecular weight excluding hydrogens is 370 g/mol. The van der Waals surface area contributed by atoms with E-state index in [0.717, 1.165) is 67.0 Å². The van der Waals surface area contributed by atoms with Gasteiger partial charge in [-0.1, -0.05) is 22.0 Å². The first-order chi connectivity index (χ1) is 11.7. The first kappa shape index (κ1) is 17.1.